The van der Waals surface area contributed by atoms with Crippen molar-refractivity contribution >= 4 is 11.7 Å². The summed E-state index contributed by atoms with van der Waals surface area (Å²) in [6, 6.07) is 4.76. The van der Waals surface area contributed by atoms with Crippen molar-refractivity contribution in [1.82, 2.24) is 0 Å². The number of rotatable bonds is 2. The molecule has 0 spiro atoms. The zero-order chi connectivity index (χ0) is 11.0. The molecule has 3 N–H and O–H groups in total. The van der Waals surface area contributed by atoms with Gasteiger partial charge < -0.3 is 15.7 Å². The van der Waals surface area contributed by atoms with Crippen LogP contribution in [-0.2, 0) is 11.2 Å². The number of para-hydroxylation sites is 1. The summed E-state index contributed by atoms with van der Waals surface area (Å²) in [6.07, 6.45) is 0.964. The molecule has 1 heterocycles. The average molecular weight is 206 g/mol. The predicted molar refractivity (Wildman–Crippen MR) is 58.0 cm³/mol. The van der Waals surface area contributed by atoms with Gasteiger partial charge in [-0.3, -0.25) is 4.79 Å². The maximum absolute atomic E-state index is 10.9. The molecule has 4 nitrogen and oxygen atoms in total. The van der Waals surface area contributed by atoms with Gasteiger partial charge in [0, 0.05) is 24.8 Å². The van der Waals surface area contributed by atoms with E-state index in [1.165, 1.54) is 5.56 Å². The van der Waals surface area contributed by atoms with Gasteiger partial charge in [0.2, 0.25) is 0 Å². The molecule has 0 bridgehead atoms. The summed E-state index contributed by atoms with van der Waals surface area (Å²) in [6.45, 7) is 0.929. The lowest BCUT2D eigenvalue weighted by molar-refractivity contribution is -0.138. The zero-order valence-electron chi connectivity index (χ0n) is 8.60. The van der Waals surface area contributed by atoms with Crippen LogP contribution in [-0.4, -0.2) is 24.7 Å². The molecule has 1 unspecified atom stereocenters. The molecule has 1 aromatic carbocycles. The van der Waals surface area contributed by atoms with Crippen molar-refractivity contribution in [2.75, 3.05) is 18.5 Å². The number of anilines is 1. The minimum absolute atomic E-state index is 0.708. The summed E-state index contributed by atoms with van der Waals surface area (Å²) in [7, 11) is 1.96. The Bertz CT molecular complexity index is 404. The monoisotopic (exact) mass is 206 g/mol. The predicted octanol–water partition coefficient (Wildman–Crippen LogP) is 0.763. The number of carbonyl (C=O) groups is 1. The highest BCUT2D eigenvalue weighted by atomic mass is 16.4. The van der Waals surface area contributed by atoms with Crippen molar-refractivity contribution in [1.29, 1.82) is 0 Å². The summed E-state index contributed by atoms with van der Waals surface area (Å²) < 4.78 is 0. The van der Waals surface area contributed by atoms with E-state index in [-0.39, 0.29) is 0 Å². The first-order valence-corrected chi connectivity index (χ1v) is 4.92. The number of aliphatic carboxylic acids is 1. The fourth-order valence-corrected chi connectivity index (χ4v) is 2.06. The Kier molecular flexibility index (Phi) is 2.36. The molecule has 0 aliphatic carbocycles. The van der Waals surface area contributed by atoms with Crippen molar-refractivity contribution in [3.63, 3.8) is 0 Å². The molecule has 0 saturated heterocycles. The van der Waals surface area contributed by atoms with Crippen LogP contribution in [0.1, 0.15) is 17.2 Å². The number of benzene rings is 1. The van der Waals surface area contributed by atoms with Gasteiger partial charge >= 0.3 is 5.97 Å². The number of carboxylic acids is 1. The Morgan fingerprint density at radius 2 is 2.33 bits per heavy atom. The number of carboxylic acid groups (broad SMARTS) is 1. The topological polar surface area (TPSA) is 66.6 Å². The Morgan fingerprint density at radius 3 is 3.00 bits per heavy atom. The van der Waals surface area contributed by atoms with Crippen molar-refractivity contribution in [2.45, 2.75) is 12.5 Å². The van der Waals surface area contributed by atoms with E-state index < -0.39 is 12.0 Å². The third kappa shape index (κ3) is 1.57. The third-order valence-electron chi connectivity index (χ3n) is 2.85. The zero-order valence-corrected chi connectivity index (χ0v) is 8.60. The molecule has 0 fully saturated rings. The van der Waals surface area contributed by atoms with Gasteiger partial charge in [-0.25, -0.2) is 0 Å². The molecular formula is C11H14N2O2. The van der Waals surface area contributed by atoms with Crippen LogP contribution in [0.15, 0.2) is 18.2 Å². The number of nitrogens with two attached hydrogens (primary N) is 1. The van der Waals surface area contributed by atoms with Crippen LogP contribution in [0.25, 0.3) is 0 Å². The van der Waals surface area contributed by atoms with Crippen LogP contribution in [0.5, 0.6) is 0 Å². The minimum Gasteiger partial charge on any atom is -0.480 e. The highest BCUT2D eigenvalue weighted by Crippen LogP contribution is 2.33. The molecule has 4 heteroatoms. The molecule has 1 atom stereocenters. The van der Waals surface area contributed by atoms with E-state index in [0.29, 0.717) is 5.56 Å². The second-order valence-corrected chi connectivity index (χ2v) is 3.84. The van der Waals surface area contributed by atoms with Gasteiger partial charge in [0.15, 0.2) is 0 Å². The Hall–Kier alpha value is -1.55. The summed E-state index contributed by atoms with van der Waals surface area (Å²) in [5, 5.41) is 8.91. The molecule has 80 valence electrons. The van der Waals surface area contributed by atoms with E-state index >= 15 is 0 Å². The first kappa shape index (κ1) is 9.98. The highest BCUT2D eigenvalue weighted by Gasteiger charge is 2.25. The van der Waals surface area contributed by atoms with E-state index in [0.717, 1.165) is 18.7 Å². The van der Waals surface area contributed by atoms with Crippen molar-refractivity contribution < 1.29 is 9.90 Å². The van der Waals surface area contributed by atoms with Gasteiger partial charge in [-0.15, -0.1) is 0 Å². The maximum atomic E-state index is 10.9. The molecule has 1 aromatic rings. The van der Waals surface area contributed by atoms with Crippen LogP contribution in [0, 0.1) is 0 Å². The van der Waals surface area contributed by atoms with Crippen LogP contribution in [0.2, 0.25) is 0 Å². The second kappa shape index (κ2) is 3.55. The highest BCUT2D eigenvalue weighted by molar-refractivity contribution is 5.79. The Labute approximate surface area is 88.3 Å². The molecular weight excluding hydrogens is 192 g/mol. The van der Waals surface area contributed by atoms with Crippen molar-refractivity contribution in [2.24, 2.45) is 5.73 Å². The van der Waals surface area contributed by atoms with Gasteiger partial charge in [-0.1, -0.05) is 18.2 Å². The van der Waals surface area contributed by atoms with Gasteiger partial charge in [0.25, 0.3) is 0 Å². The maximum Gasteiger partial charge on any atom is 0.325 e. The molecule has 0 saturated carbocycles. The summed E-state index contributed by atoms with van der Waals surface area (Å²) >= 11 is 0. The fourth-order valence-electron chi connectivity index (χ4n) is 2.06. The first-order valence-electron chi connectivity index (χ1n) is 4.92. The van der Waals surface area contributed by atoms with E-state index in [2.05, 4.69) is 4.90 Å². The van der Waals surface area contributed by atoms with Crippen molar-refractivity contribution in [3.05, 3.63) is 29.3 Å². The number of hydrogen-bond acceptors (Lipinski definition) is 3. The third-order valence-corrected chi connectivity index (χ3v) is 2.85. The summed E-state index contributed by atoms with van der Waals surface area (Å²) in [4.78, 5) is 12.9. The quantitative estimate of drug-likeness (QED) is 0.749. The number of nitrogens with zero attached hydrogens (tertiary/aromatic N) is 1. The van der Waals surface area contributed by atoms with Crippen LogP contribution in [0.3, 0.4) is 0 Å². The standard InChI is InChI=1S/C11H14N2O2/c1-13-6-5-7-3-2-4-8(10(7)13)9(12)11(14)15/h2-4,9H,5-6,12H2,1H3,(H,14,15). The van der Waals surface area contributed by atoms with E-state index in [1.54, 1.807) is 6.07 Å². The fraction of sp³-hybridized carbons (Fsp3) is 0.364. The largest absolute Gasteiger partial charge is 0.480 e. The average Bonchev–Trinajstić information content (AvgIpc) is 2.59. The smallest absolute Gasteiger partial charge is 0.325 e. The Morgan fingerprint density at radius 1 is 1.60 bits per heavy atom. The molecule has 2 rings (SSSR count). The lowest BCUT2D eigenvalue weighted by Crippen LogP contribution is -2.24. The van der Waals surface area contributed by atoms with Gasteiger partial charge in [-0.2, -0.15) is 0 Å². The van der Waals surface area contributed by atoms with E-state index in [1.807, 2.05) is 19.2 Å². The van der Waals surface area contributed by atoms with Crippen LogP contribution in [0.4, 0.5) is 5.69 Å². The summed E-state index contributed by atoms with van der Waals surface area (Å²) in [5.41, 5.74) is 8.53. The normalized spacial score (nSPS) is 16.3. The SMILES string of the molecule is CN1CCc2cccc(C(N)C(=O)O)c21. The number of fused-ring (bicyclic) bond motifs is 1. The lowest BCUT2D eigenvalue weighted by atomic mass is 10.0. The van der Waals surface area contributed by atoms with Gasteiger partial charge in [0.05, 0.1) is 0 Å². The van der Waals surface area contributed by atoms with Crippen LogP contribution < -0.4 is 10.6 Å². The minimum atomic E-state index is -0.983. The Balaban J connectivity index is 2.49. The first-order chi connectivity index (χ1) is 7.11. The van der Waals surface area contributed by atoms with Gasteiger partial charge in [0.1, 0.15) is 6.04 Å². The van der Waals surface area contributed by atoms with Crippen molar-refractivity contribution in [3.8, 4) is 0 Å². The molecule has 0 radical (unpaired) electrons. The molecule has 0 aromatic heterocycles. The van der Waals surface area contributed by atoms with E-state index in [9.17, 15) is 4.79 Å². The lowest BCUT2D eigenvalue weighted by Gasteiger charge is -2.18. The molecule has 1 aliphatic rings. The molecule has 1 aliphatic heterocycles. The van der Waals surface area contributed by atoms with Gasteiger partial charge in [-0.05, 0) is 12.0 Å². The number of likely N-dealkylation sites (N-methyl/N-ethyl adjacent to an activating group) is 1. The second-order valence-electron chi connectivity index (χ2n) is 3.84. The summed E-state index contributed by atoms with van der Waals surface area (Å²) in [5.74, 6) is -0.983. The molecule has 0 amide bonds. The van der Waals surface area contributed by atoms with Crippen LogP contribution >= 0.6 is 0 Å². The number of hydrogen-bond donors (Lipinski definition) is 2. The molecule has 15 heavy (non-hydrogen) atoms. The van der Waals surface area contributed by atoms with E-state index in [4.69, 9.17) is 10.8 Å².